The summed E-state index contributed by atoms with van der Waals surface area (Å²) in [5.74, 6) is -0.336. The molecule has 1 unspecified atom stereocenters. The van der Waals surface area contributed by atoms with E-state index < -0.39 is 6.04 Å². The van der Waals surface area contributed by atoms with Crippen molar-refractivity contribution in [1.82, 2.24) is 20.9 Å². The smallest absolute Gasteiger partial charge is 0.245 e. The molecular weight excluding hydrogens is 487 g/mol. The highest BCUT2D eigenvalue weighted by atomic mass is 19.1. The van der Waals surface area contributed by atoms with Crippen LogP contribution in [0.2, 0.25) is 0 Å². The van der Waals surface area contributed by atoms with E-state index in [0.717, 1.165) is 38.5 Å². The zero-order valence-corrected chi connectivity index (χ0v) is 23.5. The van der Waals surface area contributed by atoms with E-state index in [4.69, 9.17) is 4.79 Å². The third kappa shape index (κ3) is 10.9. The van der Waals surface area contributed by atoms with Crippen LogP contribution < -0.4 is 21.0 Å². The van der Waals surface area contributed by atoms with Crippen molar-refractivity contribution in [2.45, 2.75) is 77.8 Å². The van der Waals surface area contributed by atoms with Gasteiger partial charge in [0.15, 0.2) is 0 Å². The summed E-state index contributed by atoms with van der Waals surface area (Å²) < 4.78 is 14.3. The normalized spacial score (nSPS) is 15.3. The molecule has 2 amide bonds. The van der Waals surface area contributed by atoms with Crippen molar-refractivity contribution in [2.75, 3.05) is 38.4 Å². The molecule has 1 aliphatic carbocycles. The van der Waals surface area contributed by atoms with Gasteiger partial charge in [0.25, 0.3) is 0 Å². The second-order valence-electron chi connectivity index (χ2n) is 9.46. The molecule has 1 aromatic carbocycles. The summed E-state index contributed by atoms with van der Waals surface area (Å²) >= 11 is 0. The molecule has 1 aliphatic rings. The van der Waals surface area contributed by atoms with E-state index in [0.29, 0.717) is 32.0 Å². The van der Waals surface area contributed by atoms with Gasteiger partial charge in [0.05, 0.1) is 18.4 Å². The maximum atomic E-state index is 14.3. The highest BCUT2D eigenvalue weighted by Gasteiger charge is 2.34. The quantitative estimate of drug-likeness (QED) is 0.138. The third-order valence-corrected chi connectivity index (χ3v) is 6.81. The Morgan fingerprint density at radius 2 is 1.87 bits per heavy atom. The fourth-order valence-corrected chi connectivity index (χ4v) is 4.52. The van der Waals surface area contributed by atoms with E-state index in [1.165, 1.54) is 12.5 Å². The number of carbonyl (C=O) groups is 3. The predicted octanol–water partition coefficient (Wildman–Crippen LogP) is 3.30. The maximum Gasteiger partial charge on any atom is 0.245 e. The van der Waals surface area contributed by atoms with Gasteiger partial charge in [0, 0.05) is 25.8 Å². The number of halogens is 1. The van der Waals surface area contributed by atoms with Gasteiger partial charge in [-0.05, 0) is 58.2 Å². The lowest BCUT2D eigenvalue weighted by molar-refractivity contribution is -0.138. The van der Waals surface area contributed by atoms with E-state index >= 15 is 0 Å². The maximum absolute atomic E-state index is 14.3. The van der Waals surface area contributed by atoms with Crippen LogP contribution in [0.3, 0.4) is 0 Å². The van der Waals surface area contributed by atoms with Crippen molar-refractivity contribution < 1.29 is 18.8 Å². The molecule has 0 bridgehead atoms. The fraction of sp³-hybridized carbons (Fsp3) is 0.643. The summed E-state index contributed by atoms with van der Waals surface area (Å²) in [5, 5.41) is 15.2. The molecule has 9 nitrogen and oxygen atoms in total. The van der Waals surface area contributed by atoms with Crippen molar-refractivity contribution in [3.05, 3.63) is 30.1 Å². The molecule has 0 radical (unpaired) electrons. The first-order valence-corrected chi connectivity index (χ1v) is 13.7. The summed E-state index contributed by atoms with van der Waals surface area (Å²) in [4.78, 5) is 36.4. The van der Waals surface area contributed by atoms with Crippen LogP contribution in [0, 0.1) is 11.7 Å². The Morgan fingerprint density at radius 3 is 2.47 bits per heavy atom. The summed E-state index contributed by atoms with van der Waals surface area (Å²) in [5.41, 5.74) is 0.390. The molecule has 0 aliphatic heterocycles. The zero-order chi connectivity index (χ0) is 28.3. The van der Waals surface area contributed by atoms with Crippen LogP contribution in [0.4, 0.5) is 10.1 Å². The molecular formula is C28H47FN6O3. The van der Waals surface area contributed by atoms with Gasteiger partial charge in [-0.15, -0.1) is 0 Å². The van der Waals surface area contributed by atoms with Crippen molar-refractivity contribution >= 4 is 30.5 Å². The van der Waals surface area contributed by atoms with Gasteiger partial charge in [-0.1, -0.05) is 44.7 Å². The summed E-state index contributed by atoms with van der Waals surface area (Å²) in [6, 6.07) is 5.65. The minimum atomic E-state index is -0.509. The van der Waals surface area contributed by atoms with Crippen LogP contribution in [0.5, 0.6) is 0 Å². The average molecular weight is 535 g/mol. The van der Waals surface area contributed by atoms with Crippen LogP contribution in [0.15, 0.2) is 29.4 Å². The third-order valence-electron chi connectivity index (χ3n) is 6.81. The van der Waals surface area contributed by atoms with Crippen molar-refractivity contribution in [3.63, 3.8) is 0 Å². The molecule has 0 saturated heterocycles. The molecule has 3 N–H and O–H groups in total. The van der Waals surface area contributed by atoms with Gasteiger partial charge in [-0.25, -0.2) is 9.40 Å². The lowest BCUT2D eigenvalue weighted by Gasteiger charge is -2.35. The first-order valence-electron chi connectivity index (χ1n) is 13.7. The van der Waals surface area contributed by atoms with E-state index in [2.05, 4.69) is 28.0 Å². The molecule has 38 heavy (non-hydrogen) atoms. The summed E-state index contributed by atoms with van der Waals surface area (Å²) in [7, 11) is 1.74. The molecule has 2 atom stereocenters. The van der Waals surface area contributed by atoms with Gasteiger partial charge in [0.2, 0.25) is 11.8 Å². The van der Waals surface area contributed by atoms with Gasteiger partial charge < -0.3 is 20.3 Å². The van der Waals surface area contributed by atoms with Gasteiger partial charge >= 0.3 is 0 Å². The number of rotatable bonds is 15. The minimum Gasteiger partial charge on any atom is -0.343 e. The Morgan fingerprint density at radius 1 is 1.18 bits per heavy atom. The minimum absolute atomic E-state index is 0.00802. The number of anilines is 1. The number of hydrogen-bond acceptors (Lipinski definition) is 7. The average Bonchev–Trinajstić information content (AvgIpc) is 2.95. The largest absolute Gasteiger partial charge is 0.343 e. The number of nitrogens with zero attached hydrogens (tertiary/aromatic N) is 3. The standard InChI is InChI=1S/C27H45FN6O2.CH2O/c1-5-7-18-33(19-17-30-20-34(31-6-2)24-16-12-11-15-23(24)28)27(36)25(22-13-9-8-10-14-22)32-26(35)21(3)29-4;1-2/h6,11-12,15-16,21-22,25,29-30H,5,7-10,13-14,17-20H2,1-4H3,(H,32,35);1H2/b31-6-;/t21-,25?;/m0./s1. The van der Waals surface area contributed by atoms with E-state index in [1.54, 1.807) is 50.3 Å². The first kappa shape index (κ1) is 33.2. The van der Waals surface area contributed by atoms with Crippen molar-refractivity contribution in [3.8, 4) is 0 Å². The fourth-order valence-electron chi connectivity index (χ4n) is 4.52. The molecule has 0 heterocycles. The number of benzene rings is 1. The van der Waals surface area contributed by atoms with Crippen LogP contribution in [-0.2, 0) is 14.4 Å². The molecule has 1 saturated carbocycles. The van der Waals surface area contributed by atoms with Gasteiger partial charge in [-0.2, -0.15) is 5.10 Å². The second kappa shape index (κ2) is 19.3. The SMILES string of the molecule is C/C=N\N(CNCCN(CCCC)C(=O)C(NC(=O)[C@H](C)NC)C1CCCCC1)c1ccccc1F.C=O. The Kier molecular flexibility index (Phi) is 16.8. The number of hydrogen-bond donors (Lipinski definition) is 3. The highest BCUT2D eigenvalue weighted by Crippen LogP contribution is 2.27. The molecule has 1 aromatic rings. The monoisotopic (exact) mass is 534 g/mol. The van der Waals surface area contributed by atoms with Crippen LogP contribution >= 0.6 is 0 Å². The van der Waals surface area contributed by atoms with Gasteiger partial charge in [-0.3, -0.25) is 14.9 Å². The Balaban J connectivity index is 0.00000352. The number of amides is 2. The van der Waals surface area contributed by atoms with E-state index in [1.807, 2.05) is 11.7 Å². The molecule has 0 aromatic heterocycles. The highest BCUT2D eigenvalue weighted by molar-refractivity contribution is 5.90. The lowest BCUT2D eigenvalue weighted by atomic mass is 9.83. The predicted molar refractivity (Wildman–Crippen MR) is 152 cm³/mol. The summed E-state index contributed by atoms with van der Waals surface area (Å²) in [6.45, 7) is 9.67. The zero-order valence-electron chi connectivity index (χ0n) is 23.5. The number of para-hydroxylation sites is 1. The molecule has 0 spiro atoms. The topological polar surface area (TPSA) is 106 Å². The Hall–Kier alpha value is -2.85. The number of carbonyl (C=O) groups excluding carboxylic acids is 3. The number of nitrogens with one attached hydrogen (secondary N) is 3. The van der Waals surface area contributed by atoms with Crippen molar-refractivity contribution in [1.29, 1.82) is 0 Å². The lowest BCUT2D eigenvalue weighted by Crippen LogP contribution is -2.56. The number of hydrazone groups is 1. The molecule has 1 fully saturated rings. The second-order valence-corrected chi connectivity index (χ2v) is 9.46. The number of likely N-dealkylation sites (N-methyl/N-ethyl adjacent to an activating group) is 1. The van der Waals surface area contributed by atoms with Crippen molar-refractivity contribution in [2.24, 2.45) is 11.0 Å². The van der Waals surface area contributed by atoms with Gasteiger partial charge in [0.1, 0.15) is 18.6 Å². The molecule has 10 heteroatoms. The number of unbranched alkanes of at least 4 members (excludes halogenated alkanes) is 1. The molecule has 2 rings (SSSR count). The Labute approximate surface area is 227 Å². The van der Waals surface area contributed by atoms with E-state index in [-0.39, 0.29) is 29.6 Å². The van der Waals surface area contributed by atoms with Crippen LogP contribution in [0.1, 0.15) is 65.7 Å². The van der Waals surface area contributed by atoms with Crippen LogP contribution in [0.25, 0.3) is 0 Å². The summed E-state index contributed by atoms with van der Waals surface area (Å²) in [6.07, 6.45) is 8.76. The van der Waals surface area contributed by atoms with E-state index in [9.17, 15) is 14.0 Å². The Bertz CT molecular complexity index is 850. The van der Waals surface area contributed by atoms with Crippen LogP contribution in [-0.4, -0.2) is 75.2 Å². The first-order chi connectivity index (χ1) is 18.4. The molecule has 214 valence electrons.